The number of aromatic amines is 1. The Morgan fingerprint density at radius 1 is 1.22 bits per heavy atom. The third-order valence-corrected chi connectivity index (χ3v) is 5.88. The topological polar surface area (TPSA) is 64.3 Å². The molecule has 0 bridgehead atoms. The van der Waals surface area contributed by atoms with Gasteiger partial charge in [-0.2, -0.15) is 5.10 Å². The molecule has 1 saturated carbocycles. The van der Waals surface area contributed by atoms with Crippen LogP contribution in [0.2, 0.25) is 0 Å². The van der Waals surface area contributed by atoms with Gasteiger partial charge in [-0.3, -0.25) is 9.89 Å². The Balaban J connectivity index is 1.64. The molecule has 1 aromatic rings. The lowest BCUT2D eigenvalue weighted by Crippen LogP contribution is -2.64. The van der Waals surface area contributed by atoms with Crippen LogP contribution in [0.15, 0.2) is 0 Å². The van der Waals surface area contributed by atoms with Crippen LogP contribution in [0.3, 0.4) is 0 Å². The maximum absolute atomic E-state index is 13.3. The smallest absolute Gasteiger partial charge is 0.275 e. The van der Waals surface area contributed by atoms with Crippen molar-refractivity contribution in [3.63, 3.8) is 0 Å². The quantitative estimate of drug-likeness (QED) is 0.815. The lowest BCUT2D eigenvalue weighted by Gasteiger charge is -2.52. The predicted molar refractivity (Wildman–Crippen MR) is 88.3 cm³/mol. The van der Waals surface area contributed by atoms with Crippen molar-refractivity contribution in [3.05, 3.63) is 17.0 Å². The Hall–Kier alpha value is -1.40. The first-order valence-electron chi connectivity index (χ1n) is 8.97. The predicted octanol–water partition coefficient (Wildman–Crippen LogP) is 1.15. The fourth-order valence-electron chi connectivity index (χ4n) is 4.66. The van der Waals surface area contributed by atoms with Crippen molar-refractivity contribution in [1.29, 1.82) is 0 Å². The van der Waals surface area contributed by atoms with Gasteiger partial charge in [-0.15, -0.1) is 0 Å². The third-order valence-electron chi connectivity index (χ3n) is 5.88. The fourth-order valence-corrected chi connectivity index (χ4v) is 4.66. The second-order valence-electron chi connectivity index (χ2n) is 7.44. The molecule has 1 aliphatic carbocycles. The average molecular weight is 317 g/mol. The zero-order valence-electron chi connectivity index (χ0n) is 14.0. The van der Waals surface area contributed by atoms with Crippen molar-refractivity contribution in [3.8, 4) is 0 Å². The molecule has 0 aromatic carbocycles. The minimum Gasteiger partial charge on any atom is -0.329 e. The molecule has 1 aromatic heterocycles. The number of rotatable bonds is 1. The van der Waals surface area contributed by atoms with Gasteiger partial charge in [0.15, 0.2) is 5.69 Å². The van der Waals surface area contributed by atoms with Gasteiger partial charge in [0.1, 0.15) is 0 Å². The number of carbonyl (C=O) groups excluding carboxylic acids is 1. The first-order valence-corrected chi connectivity index (χ1v) is 8.97. The van der Waals surface area contributed by atoms with Crippen LogP contribution >= 0.6 is 0 Å². The van der Waals surface area contributed by atoms with Crippen LogP contribution in [0.1, 0.15) is 53.8 Å². The molecule has 1 amide bonds. The van der Waals surface area contributed by atoms with Gasteiger partial charge in [0.2, 0.25) is 0 Å². The van der Waals surface area contributed by atoms with E-state index in [0.29, 0.717) is 5.69 Å². The number of nitrogens with one attached hydrogen (secondary N) is 2. The Kier molecular flexibility index (Phi) is 3.89. The van der Waals surface area contributed by atoms with Crippen LogP contribution in [0.25, 0.3) is 0 Å². The summed E-state index contributed by atoms with van der Waals surface area (Å²) in [5.41, 5.74) is 2.91. The van der Waals surface area contributed by atoms with Crippen LogP contribution in [0.4, 0.5) is 0 Å². The number of hydrogen-bond donors (Lipinski definition) is 2. The number of H-pyrrole nitrogens is 1. The molecule has 4 rings (SSSR count). The Morgan fingerprint density at radius 3 is 2.87 bits per heavy atom. The van der Waals surface area contributed by atoms with Gasteiger partial charge < -0.3 is 15.1 Å². The minimum absolute atomic E-state index is 0.0241. The zero-order chi connectivity index (χ0) is 15.9. The van der Waals surface area contributed by atoms with Gasteiger partial charge in [0.05, 0.1) is 5.54 Å². The molecule has 2 fully saturated rings. The van der Waals surface area contributed by atoms with Gasteiger partial charge in [0.25, 0.3) is 5.91 Å². The third kappa shape index (κ3) is 2.58. The molecule has 3 aliphatic rings. The summed E-state index contributed by atoms with van der Waals surface area (Å²) >= 11 is 0. The van der Waals surface area contributed by atoms with E-state index in [1.807, 2.05) is 0 Å². The number of nitrogens with zero attached hydrogens (tertiary/aromatic N) is 3. The van der Waals surface area contributed by atoms with Crippen molar-refractivity contribution in [1.82, 2.24) is 25.3 Å². The number of likely N-dealkylation sites (N-methyl/N-ethyl adjacent to an activating group) is 1. The highest BCUT2D eigenvalue weighted by molar-refractivity contribution is 5.94. The molecule has 2 N–H and O–H groups in total. The van der Waals surface area contributed by atoms with E-state index >= 15 is 0 Å². The summed E-state index contributed by atoms with van der Waals surface area (Å²) in [5, 5.41) is 10.9. The largest absolute Gasteiger partial charge is 0.329 e. The molecular formula is C17H27N5O. The summed E-state index contributed by atoms with van der Waals surface area (Å²) in [6.45, 7) is 4.50. The van der Waals surface area contributed by atoms with Crippen molar-refractivity contribution < 1.29 is 4.79 Å². The molecule has 0 unspecified atom stereocenters. The number of piperazine rings is 1. The molecule has 2 aliphatic heterocycles. The maximum atomic E-state index is 13.3. The number of hydrogen-bond acceptors (Lipinski definition) is 4. The Bertz CT molecular complexity index is 590. The van der Waals surface area contributed by atoms with Crippen LogP contribution in [-0.4, -0.2) is 64.7 Å². The van der Waals surface area contributed by atoms with Gasteiger partial charge in [-0.1, -0.05) is 19.3 Å². The molecular weight excluding hydrogens is 290 g/mol. The first kappa shape index (κ1) is 15.1. The molecule has 126 valence electrons. The molecule has 1 saturated heterocycles. The van der Waals surface area contributed by atoms with Gasteiger partial charge in [-0.25, -0.2) is 0 Å². The van der Waals surface area contributed by atoms with Crippen LogP contribution < -0.4 is 5.32 Å². The van der Waals surface area contributed by atoms with Gasteiger partial charge >= 0.3 is 0 Å². The van der Waals surface area contributed by atoms with E-state index in [9.17, 15) is 4.79 Å². The average Bonchev–Trinajstić information content (AvgIpc) is 2.99. The Labute approximate surface area is 137 Å². The molecule has 3 heterocycles. The second kappa shape index (κ2) is 5.91. The summed E-state index contributed by atoms with van der Waals surface area (Å²) < 4.78 is 0. The summed E-state index contributed by atoms with van der Waals surface area (Å²) in [5.74, 6) is 0.140. The molecule has 6 nitrogen and oxygen atoms in total. The van der Waals surface area contributed by atoms with E-state index in [4.69, 9.17) is 0 Å². The van der Waals surface area contributed by atoms with Crippen LogP contribution in [-0.2, 0) is 13.0 Å². The standard InChI is InChI=1S/C17H27N5O/c1-21-9-10-22(17(12-21)6-3-2-4-7-17)16(23)15-13-11-18-8-5-14(13)19-20-15/h18H,2-12H2,1H3,(H,19,20). The molecule has 1 spiro atoms. The minimum atomic E-state index is 0.0241. The Morgan fingerprint density at radius 2 is 2.04 bits per heavy atom. The number of aromatic nitrogens is 2. The van der Waals surface area contributed by atoms with E-state index in [2.05, 4.69) is 32.4 Å². The summed E-state index contributed by atoms with van der Waals surface area (Å²) in [7, 11) is 2.18. The fraction of sp³-hybridized carbons (Fsp3) is 0.765. The van der Waals surface area contributed by atoms with Gasteiger partial charge in [0, 0.05) is 50.4 Å². The normalized spacial score (nSPS) is 24.7. The SMILES string of the molecule is CN1CCN(C(=O)c2n[nH]c3c2CNCC3)C2(CCCCC2)C1. The monoisotopic (exact) mass is 317 g/mol. The lowest BCUT2D eigenvalue weighted by molar-refractivity contribution is -0.00825. The van der Waals surface area contributed by atoms with Crippen LogP contribution in [0, 0.1) is 0 Å². The van der Waals surface area contributed by atoms with Gasteiger partial charge in [-0.05, 0) is 19.9 Å². The van der Waals surface area contributed by atoms with Crippen molar-refractivity contribution in [2.75, 3.05) is 33.2 Å². The van der Waals surface area contributed by atoms with E-state index in [1.54, 1.807) is 0 Å². The highest BCUT2D eigenvalue weighted by Gasteiger charge is 2.45. The number of fused-ring (bicyclic) bond motifs is 1. The van der Waals surface area contributed by atoms with E-state index < -0.39 is 0 Å². The summed E-state index contributed by atoms with van der Waals surface area (Å²) in [4.78, 5) is 17.9. The molecule has 0 radical (unpaired) electrons. The van der Waals surface area contributed by atoms with E-state index in [0.717, 1.165) is 63.2 Å². The van der Waals surface area contributed by atoms with Crippen molar-refractivity contribution >= 4 is 5.91 Å². The maximum Gasteiger partial charge on any atom is 0.275 e. The summed E-state index contributed by atoms with van der Waals surface area (Å²) in [6, 6.07) is 0. The lowest BCUT2D eigenvalue weighted by atomic mass is 9.78. The summed E-state index contributed by atoms with van der Waals surface area (Å²) in [6.07, 6.45) is 6.97. The van der Waals surface area contributed by atoms with E-state index in [1.165, 1.54) is 19.3 Å². The first-order chi connectivity index (χ1) is 11.2. The van der Waals surface area contributed by atoms with Crippen LogP contribution in [0.5, 0.6) is 0 Å². The molecule has 0 atom stereocenters. The molecule has 6 heteroatoms. The zero-order valence-corrected chi connectivity index (χ0v) is 14.0. The number of carbonyl (C=O) groups is 1. The second-order valence-corrected chi connectivity index (χ2v) is 7.44. The highest BCUT2D eigenvalue weighted by Crippen LogP contribution is 2.37. The van der Waals surface area contributed by atoms with Crippen molar-refractivity contribution in [2.45, 2.75) is 50.6 Å². The highest BCUT2D eigenvalue weighted by atomic mass is 16.2. The van der Waals surface area contributed by atoms with Crippen molar-refractivity contribution in [2.24, 2.45) is 0 Å². The number of amides is 1. The molecule has 23 heavy (non-hydrogen) atoms. The van der Waals surface area contributed by atoms with E-state index in [-0.39, 0.29) is 11.4 Å².